The van der Waals surface area contributed by atoms with E-state index < -0.39 is 0 Å². The number of anilines is 1. The number of nitrogens with zero attached hydrogens (tertiary/aromatic N) is 3. The molecule has 7 heteroatoms. The summed E-state index contributed by atoms with van der Waals surface area (Å²) in [5.74, 6) is 0.726. The number of aromatic nitrogens is 2. The van der Waals surface area contributed by atoms with E-state index in [1.807, 2.05) is 35.2 Å². The highest BCUT2D eigenvalue weighted by Gasteiger charge is 2.23. The largest absolute Gasteiger partial charge is 0.368 e. The molecule has 0 aliphatic carbocycles. The average Bonchev–Trinajstić information content (AvgIpc) is 2.80. The fourth-order valence-electron chi connectivity index (χ4n) is 3.89. The average molecular weight is 449 g/mol. The standard InChI is InChI=1S/C25H28N4O2S/c1-18-8-9-19(2)22(14-18)28-10-12-29(13-11-28)24(31)16-21-15-23(30)27-25(26-21)32-17-20-6-4-3-5-7-20/h3-9,14-15H,10-13,16-17H2,1-2H3,(H,26,27,30). The van der Waals surface area contributed by atoms with Crippen molar-refractivity contribution in [2.45, 2.75) is 31.2 Å². The highest BCUT2D eigenvalue weighted by molar-refractivity contribution is 7.98. The molecule has 32 heavy (non-hydrogen) atoms. The van der Waals surface area contributed by atoms with Crippen molar-refractivity contribution in [1.82, 2.24) is 14.9 Å². The Morgan fingerprint density at radius 1 is 1.03 bits per heavy atom. The van der Waals surface area contributed by atoms with Crippen LogP contribution in [0.25, 0.3) is 0 Å². The van der Waals surface area contributed by atoms with E-state index in [1.54, 1.807) is 0 Å². The molecule has 166 valence electrons. The number of amides is 1. The van der Waals surface area contributed by atoms with Gasteiger partial charge in [-0.2, -0.15) is 0 Å². The maximum Gasteiger partial charge on any atom is 0.251 e. The number of thioether (sulfide) groups is 1. The monoisotopic (exact) mass is 448 g/mol. The molecule has 1 aliphatic heterocycles. The first kappa shape index (κ1) is 22.1. The molecule has 1 fully saturated rings. The molecule has 0 spiro atoms. The normalized spacial score (nSPS) is 13.9. The highest BCUT2D eigenvalue weighted by Crippen LogP contribution is 2.23. The quantitative estimate of drug-likeness (QED) is 0.461. The number of hydrogen-bond donors (Lipinski definition) is 1. The number of carbonyl (C=O) groups excluding carboxylic acids is 1. The van der Waals surface area contributed by atoms with Gasteiger partial charge in [0.15, 0.2) is 5.16 Å². The summed E-state index contributed by atoms with van der Waals surface area (Å²) in [4.78, 5) is 36.5. The second-order valence-corrected chi connectivity index (χ2v) is 9.11. The summed E-state index contributed by atoms with van der Waals surface area (Å²) < 4.78 is 0. The number of H-pyrrole nitrogens is 1. The van der Waals surface area contributed by atoms with Crippen LogP contribution in [0.4, 0.5) is 5.69 Å². The Bertz CT molecular complexity index is 1140. The fraction of sp³-hybridized carbons (Fsp3) is 0.320. The van der Waals surface area contributed by atoms with Crippen LogP contribution in [0, 0.1) is 13.8 Å². The number of carbonyl (C=O) groups is 1. The Hall–Kier alpha value is -3.06. The van der Waals surface area contributed by atoms with E-state index in [0.717, 1.165) is 18.7 Å². The summed E-state index contributed by atoms with van der Waals surface area (Å²) in [5.41, 5.74) is 5.19. The molecule has 0 radical (unpaired) electrons. The van der Waals surface area contributed by atoms with Gasteiger partial charge in [-0.25, -0.2) is 4.98 Å². The van der Waals surface area contributed by atoms with Crippen LogP contribution in [-0.4, -0.2) is 47.0 Å². The van der Waals surface area contributed by atoms with Crippen LogP contribution in [0.2, 0.25) is 0 Å². The van der Waals surface area contributed by atoms with E-state index in [0.29, 0.717) is 29.7 Å². The van der Waals surface area contributed by atoms with Gasteiger partial charge in [0.05, 0.1) is 12.1 Å². The summed E-state index contributed by atoms with van der Waals surface area (Å²) in [6, 6.07) is 17.9. The van der Waals surface area contributed by atoms with Gasteiger partial charge in [-0.1, -0.05) is 54.2 Å². The third-order valence-electron chi connectivity index (χ3n) is 5.66. The van der Waals surface area contributed by atoms with Gasteiger partial charge in [0.25, 0.3) is 5.56 Å². The molecule has 0 saturated carbocycles. The lowest BCUT2D eigenvalue weighted by atomic mass is 10.1. The SMILES string of the molecule is Cc1ccc(C)c(N2CCN(C(=O)Cc3cc(=O)[nH]c(SCc4ccccc4)n3)CC2)c1. The lowest BCUT2D eigenvalue weighted by Gasteiger charge is -2.37. The van der Waals surface area contributed by atoms with Crippen molar-refractivity contribution >= 4 is 23.4 Å². The number of piperazine rings is 1. The Kier molecular flexibility index (Phi) is 6.95. The van der Waals surface area contributed by atoms with Gasteiger partial charge in [-0.15, -0.1) is 0 Å². The summed E-state index contributed by atoms with van der Waals surface area (Å²) in [6.07, 6.45) is 0.145. The summed E-state index contributed by atoms with van der Waals surface area (Å²) in [5, 5.41) is 0.545. The van der Waals surface area contributed by atoms with Gasteiger partial charge in [0.1, 0.15) is 0 Å². The zero-order valence-electron chi connectivity index (χ0n) is 18.5. The van der Waals surface area contributed by atoms with Crippen LogP contribution in [0.1, 0.15) is 22.4 Å². The van der Waals surface area contributed by atoms with Crippen molar-refractivity contribution in [2.24, 2.45) is 0 Å². The fourth-order valence-corrected chi connectivity index (χ4v) is 4.74. The second-order valence-electron chi connectivity index (χ2n) is 8.15. The molecule has 1 amide bonds. The lowest BCUT2D eigenvalue weighted by Crippen LogP contribution is -2.49. The molecule has 4 rings (SSSR count). The summed E-state index contributed by atoms with van der Waals surface area (Å²) >= 11 is 1.47. The van der Waals surface area contributed by atoms with Gasteiger partial charge in [0, 0.05) is 43.7 Å². The minimum Gasteiger partial charge on any atom is -0.368 e. The molecular formula is C25H28N4O2S. The van der Waals surface area contributed by atoms with Gasteiger partial charge in [-0.05, 0) is 36.6 Å². The molecule has 1 aromatic heterocycles. The third-order valence-corrected chi connectivity index (χ3v) is 6.61. The lowest BCUT2D eigenvalue weighted by molar-refractivity contribution is -0.130. The molecular weight excluding hydrogens is 420 g/mol. The molecule has 6 nitrogen and oxygen atoms in total. The van der Waals surface area contributed by atoms with Crippen LogP contribution in [-0.2, 0) is 17.0 Å². The first-order valence-electron chi connectivity index (χ1n) is 10.8. The molecule has 0 bridgehead atoms. The van der Waals surface area contributed by atoms with Crippen LogP contribution in [0.15, 0.2) is 64.5 Å². The zero-order valence-corrected chi connectivity index (χ0v) is 19.3. The van der Waals surface area contributed by atoms with E-state index in [-0.39, 0.29) is 17.9 Å². The third kappa shape index (κ3) is 5.59. The topological polar surface area (TPSA) is 69.3 Å². The minimum atomic E-state index is -0.224. The number of aryl methyl sites for hydroxylation is 2. The highest BCUT2D eigenvalue weighted by atomic mass is 32.2. The van der Waals surface area contributed by atoms with E-state index in [2.05, 4.69) is 46.9 Å². The molecule has 0 atom stereocenters. The van der Waals surface area contributed by atoms with Gasteiger partial charge >= 0.3 is 0 Å². The number of aromatic amines is 1. The van der Waals surface area contributed by atoms with Crippen molar-refractivity contribution in [3.05, 3.63) is 87.3 Å². The Balaban J connectivity index is 1.35. The smallest absolute Gasteiger partial charge is 0.251 e. The molecule has 2 aromatic carbocycles. The van der Waals surface area contributed by atoms with E-state index in [9.17, 15) is 9.59 Å². The first-order chi connectivity index (χ1) is 15.5. The molecule has 3 aromatic rings. The Morgan fingerprint density at radius 3 is 2.53 bits per heavy atom. The number of benzene rings is 2. The Morgan fingerprint density at radius 2 is 1.78 bits per heavy atom. The van der Waals surface area contributed by atoms with Crippen molar-refractivity contribution in [3.8, 4) is 0 Å². The predicted octanol–water partition coefficient (Wildman–Crippen LogP) is 3.57. The predicted molar refractivity (Wildman–Crippen MR) is 129 cm³/mol. The maximum atomic E-state index is 12.9. The summed E-state index contributed by atoms with van der Waals surface area (Å²) in [7, 11) is 0. The van der Waals surface area contributed by atoms with Crippen LogP contribution >= 0.6 is 11.8 Å². The maximum absolute atomic E-state index is 12.9. The van der Waals surface area contributed by atoms with Crippen molar-refractivity contribution in [3.63, 3.8) is 0 Å². The molecule has 1 N–H and O–H groups in total. The molecule has 0 unspecified atom stereocenters. The van der Waals surface area contributed by atoms with E-state index >= 15 is 0 Å². The van der Waals surface area contributed by atoms with E-state index in [1.165, 1.54) is 34.6 Å². The first-order valence-corrected chi connectivity index (χ1v) is 11.8. The van der Waals surface area contributed by atoms with Crippen molar-refractivity contribution in [2.75, 3.05) is 31.1 Å². The van der Waals surface area contributed by atoms with Crippen LogP contribution in [0.5, 0.6) is 0 Å². The Labute approximate surface area is 192 Å². The zero-order chi connectivity index (χ0) is 22.5. The van der Waals surface area contributed by atoms with Gasteiger partial charge in [-0.3, -0.25) is 9.59 Å². The number of nitrogens with one attached hydrogen (secondary N) is 1. The van der Waals surface area contributed by atoms with Crippen LogP contribution < -0.4 is 10.5 Å². The van der Waals surface area contributed by atoms with Crippen molar-refractivity contribution < 1.29 is 4.79 Å². The van der Waals surface area contributed by atoms with E-state index in [4.69, 9.17) is 0 Å². The van der Waals surface area contributed by atoms with Gasteiger partial charge in [0.2, 0.25) is 5.91 Å². The van der Waals surface area contributed by atoms with Gasteiger partial charge < -0.3 is 14.8 Å². The molecule has 1 aliphatic rings. The van der Waals surface area contributed by atoms with Crippen LogP contribution in [0.3, 0.4) is 0 Å². The summed E-state index contributed by atoms with van der Waals surface area (Å²) in [6.45, 7) is 7.17. The number of rotatable bonds is 6. The second kappa shape index (κ2) is 10.0. The minimum absolute atomic E-state index is 0.0164. The molecule has 2 heterocycles. The number of hydrogen-bond acceptors (Lipinski definition) is 5. The van der Waals surface area contributed by atoms with Crippen molar-refractivity contribution in [1.29, 1.82) is 0 Å². The molecule has 1 saturated heterocycles.